The molecule has 3 N–H and O–H groups in total. The van der Waals surface area contributed by atoms with Crippen LogP contribution in [0.2, 0.25) is 0 Å². The van der Waals surface area contributed by atoms with Gasteiger partial charge in [0.05, 0.1) is 4.47 Å². The highest BCUT2D eigenvalue weighted by Gasteiger charge is 2.30. The fraction of sp³-hybridized carbons (Fsp3) is 0.500. The molecule has 1 aromatic heterocycles. The molecule has 1 unspecified atom stereocenters. The Labute approximate surface area is 92.2 Å². The van der Waals surface area contributed by atoms with Gasteiger partial charge in [-0.25, -0.2) is 4.98 Å². The molecule has 0 aromatic carbocycles. The highest BCUT2D eigenvalue weighted by Crippen LogP contribution is 2.34. The van der Waals surface area contributed by atoms with Crippen molar-refractivity contribution in [1.82, 2.24) is 4.98 Å². The quantitative estimate of drug-likeness (QED) is 0.866. The molecule has 1 atom stereocenters. The molecule has 0 saturated heterocycles. The smallest absolute Gasteiger partial charge is 0.140 e. The lowest BCUT2D eigenvalue weighted by Crippen LogP contribution is -2.31. The van der Waals surface area contributed by atoms with E-state index in [4.69, 9.17) is 5.73 Å². The molecule has 1 aromatic rings. The Bertz CT molecular complexity index is 312. The van der Waals surface area contributed by atoms with E-state index >= 15 is 0 Å². The summed E-state index contributed by atoms with van der Waals surface area (Å²) in [5.41, 5.74) is 5.71. The third-order valence-corrected chi connectivity index (χ3v) is 3.17. The van der Waals surface area contributed by atoms with Gasteiger partial charge in [-0.05, 0) is 46.8 Å². The van der Waals surface area contributed by atoms with E-state index < -0.39 is 0 Å². The van der Waals surface area contributed by atoms with E-state index in [1.807, 2.05) is 12.1 Å². The number of aromatic nitrogens is 1. The van der Waals surface area contributed by atoms with Gasteiger partial charge in [0.2, 0.25) is 0 Å². The van der Waals surface area contributed by atoms with Crippen molar-refractivity contribution in [3.05, 3.63) is 22.8 Å². The predicted molar refractivity (Wildman–Crippen MR) is 61.1 cm³/mol. The summed E-state index contributed by atoms with van der Waals surface area (Å²) in [6.45, 7) is 0.674. The molecule has 0 amide bonds. The van der Waals surface area contributed by atoms with Crippen molar-refractivity contribution in [3.8, 4) is 0 Å². The maximum Gasteiger partial charge on any atom is 0.140 e. The predicted octanol–water partition coefficient (Wildman–Crippen LogP) is 1.99. The van der Waals surface area contributed by atoms with E-state index in [0.29, 0.717) is 12.6 Å². The van der Waals surface area contributed by atoms with Crippen LogP contribution in [0, 0.1) is 5.92 Å². The van der Waals surface area contributed by atoms with Crippen LogP contribution in [-0.4, -0.2) is 17.6 Å². The maximum atomic E-state index is 5.71. The molecule has 76 valence electrons. The van der Waals surface area contributed by atoms with Crippen LogP contribution in [0.1, 0.15) is 12.8 Å². The fourth-order valence-corrected chi connectivity index (χ4v) is 1.90. The van der Waals surface area contributed by atoms with Crippen molar-refractivity contribution >= 4 is 21.7 Å². The van der Waals surface area contributed by atoms with E-state index in [1.165, 1.54) is 12.8 Å². The molecule has 0 radical (unpaired) electrons. The maximum absolute atomic E-state index is 5.71. The lowest BCUT2D eigenvalue weighted by atomic mass is 10.2. The van der Waals surface area contributed by atoms with Crippen LogP contribution in [0.4, 0.5) is 5.82 Å². The summed E-state index contributed by atoms with van der Waals surface area (Å²) in [7, 11) is 0. The van der Waals surface area contributed by atoms with Crippen LogP contribution in [0.15, 0.2) is 22.8 Å². The number of pyridine rings is 1. The molecule has 1 aliphatic carbocycles. The van der Waals surface area contributed by atoms with E-state index in [2.05, 4.69) is 26.2 Å². The Hall–Kier alpha value is -0.610. The molecule has 3 nitrogen and oxygen atoms in total. The summed E-state index contributed by atoms with van der Waals surface area (Å²) in [6.07, 6.45) is 4.37. The van der Waals surface area contributed by atoms with Gasteiger partial charge >= 0.3 is 0 Å². The normalized spacial score (nSPS) is 17.9. The molecule has 0 aliphatic heterocycles. The number of halogens is 1. The van der Waals surface area contributed by atoms with Crippen molar-refractivity contribution in [1.29, 1.82) is 0 Å². The number of nitrogens with zero attached hydrogens (tertiary/aromatic N) is 1. The molecule has 4 heteroatoms. The summed E-state index contributed by atoms with van der Waals surface area (Å²) in [5, 5.41) is 3.38. The number of hydrogen-bond donors (Lipinski definition) is 2. The van der Waals surface area contributed by atoms with Gasteiger partial charge in [0.1, 0.15) is 5.82 Å². The van der Waals surface area contributed by atoms with E-state index in [0.717, 1.165) is 16.2 Å². The summed E-state index contributed by atoms with van der Waals surface area (Å²) in [6, 6.07) is 4.26. The third kappa shape index (κ3) is 2.25. The van der Waals surface area contributed by atoms with Gasteiger partial charge in [-0.3, -0.25) is 0 Å². The van der Waals surface area contributed by atoms with Crippen LogP contribution in [0.3, 0.4) is 0 Å². The van der Waals surface area contributed by atoms with Gasteiger partial charge in [-0.15, -0.1) is 0 Å². The van der Waals surface area contributed by atoms with Gasteiger partial charge in [-0.1, -0.05) is 0 Å². The number of hydrogen-bond acceptors (Lipinski definition) is 3. The van der Waals surface area contributed by atoms with E-state index in [-0.39, 0.29) is 0 Å². The first-order chi connectivity index (χ1) is 6.81. The molecule has 0 bridgehead atoms. The molecule has 0 spiro atoms. The van der Waals surface area contributed by atoms with Crippen molar-refractivity contribution in [2.24, 2.45) is 11.7 Å². The molecule has 1 heterocycles. The first kappa shape index (κ1) is 9.93. The van der Waals surface area contributed by atoms with Crippen molar-refractivity contribution in [2.75, 3.05) is 11.9 Å². The Morgan fingerprint density at radius 2 is 2.43 bits per heavy atom. The zero-order valence-electron chi connectivity index (χ0n) is 7.91. The zero-order valence-corrected chi connectivity index (χ0v) is 9.50. The minimum Gasteiger partial charge on any atom is -0.365 e. The number of anilines is 1. The lowest BCUT2D eigenvalue weighted by Gasteiger charge is -2.17. The number of rotatable bonds is 4. The van der Waals surface area contributed by atoms with Gasteiger partial charge < -0.3 is 11.1 Å². The van der Waals surface area contributed by atoms with Gasteiger partial charge in [-0.2, -0.15) is 0 Å². The minimum absolute atomic E-state index is 0.376. The van der Waals surface area contributed by atoms with Crippen LogP contribution >= 0.6 is 15.9 Å². The number of nitrogens with one attached hydrogen (secondary N) is 1. The standard InChI is InChI=1S/C10H14BrN3/c11-8-2-1-5-13-10(8)14-9(6-12)7-3-4-7/h1-2,5,7,9H,3-4,6,12H2,(H,13,14). The zero-order chi connectivity index (χ0) is 9.97. The van der Waals surface area contributed by atoms with Crippen LogP contribution in [0.5, 0.6) is 0 Å². The Balaban J connectivity index is 2.04. The Kier molecular flexibility index (Phi) is 3.03. The molecular weight excluding hydrogens is 242 g/mol. The second kappa shape index (κ2) is 4.28. The highest BCUT2D eigenvalue weighted by molar-refractivity contribution is 9.10. The molecule has 2 rings (SSSR count). The molecule has 1 saturated carbocycles. The molecule has 1 aliphatic rings. The van der Waals surface area contributed by atoms with Gasteiger partial charge in [0.15, 0.2) is 0 Å². The Morgan fingerprint density at radius 1 is 1.64 bits per heavy atom. The van der Waals surface area contributed by atoms with Crippen LogP contribution in [0.25, 0.3) is 0 Å². The average molecular weight is 256 g/mol. The lowest BCUT2D eigenvalue weighted by molar-refractivity contribution is 0.642. The largest absolute Gasteiger partial charge is 0.365 e. The van der Waals surface area contributed by atoms with Crippen molar-refractivity contribution in [2.45, 2.75) is 18.9 Å². The summed E-state index contributed by atoms with van der Waals surface area (Å²) < 4.78 is 0.999. The van der Waals surface area contributed by atoms with Crippen LogP contribution < -0.4 is 11.1 Å². The average Bonchev–Trinajstić information content (AvgIpc) is 3.00. The van der Waals surface area contributed by atoms with E-state index in [1.54, 1.807) is 6.20 Å². The van der Waals surface area contributed by atoms with Crippen molar-refractivity contribution < 1.29 is 0 Å². The topological polar surface area (TPSA) is 50.9 Å². The SMILES string of the molecule is NCC(Nc1ncccc1Br)C1CC1. The molecular formula is C10H14BrN3. The second-order valence-electron chi connectivity index (χ2n) is 3.66. The van der Waals surface area contributed by atoms with Crippen LogP contribution in [-0.2, 0) is 0 Å². The molecule has 14 heavy (non-hydrogen) atoms. The van der Waals surface area contributed by atoms with Crippen molar-refractivity contribution in [3.63, 3.8) is 0 Å². The highest BCUT2D eigenvalue weighted by atomic mass is 79.9. The first-order valence-corrected chi connectivity index (χ1v) is 5.67. The summed E-state index contributed by atoms with van der Waals surface area (Å²) in [5.74, 6) is 1.64. The molecule has 1 fully saturated rings. The summed E-state index contributed by atoms with van der Waals surface area (Å²) in [4.78, 5) is 4.26. The monoisotopic (exact) mass is 255 g/mol. The summed E-state index contributed by atoms with van der Waals surface area (Å²) >= 11 is 3.46. The Morgan fingerprint density at radius 3 is 3.00 bits per heavy atom. The van der Waals surface area contributed by atoms with E-state index in [9.17, 15) is 0 Å². The third-order valence-electron chi connectivity index (χ3n) is 2.53. The number of nitrogens with two attached hydrogens (primary N) is 1. The first-order valence-electron chi connectivity index (χ1n) is 4.88. The fourth-order valence-electron chi connectivity index (χ4n) is 1.54. The van der Waals surface area contributed by atoms with Gasteiger partial charge in [0, 0.05) is 18.8 Å². The second-order valence-corrected chi connectivity index (χ2v) is 4.51. The minimum atomic E-state index is 0.376. The van der Waals surface area contributed by atoms with Gasteiger partial charge in [0.25, 0.3) is 0 Å².